The van der Waals surface area contributed by atoms with Crippen LogP contribution in [0.4, 0.5) is 5.69 Å². The van der Waals surface area contributed by atoms with Crippen LogP contribution in [0.15, 0.2) is 29.2 Å². The van der Waals surface area contributed by atoms with Crippen molar-refractivity contribution in [2.75, 3.05) is 44.3 Å². The van der Waals surface area contributed by atoms with Crippen LogP contribution in [-0.2, 0) is 0 Å². The first-order chi connectivity index (χ1) is 8.79. The highest BCUT2D eigenvalue weighted by Gasteiger charge is 2.17. The molecule has 2 rings (SSSR count). The van der Waals surface area contributed by atoms with E-state index in [9.17, 15) is 0 Å². The van der Waals surface area contributed by atoms with Crippen molar-refractivity contribution < 1.29 is 0 Å². The Morgan fingerprint density at radius 2 is 2.17 bits per heavy atom. The lowest BCUT2D eigenvalue weighted by Crippen LogP contribution is -2.52. The van der Waals surface area contributed by atoms with Gasteiger partial charge in [0.1, 0.15) is 0 Å². The van der Waals surface area contributed by atoms with E-state index >= 15 is 0 Å². The maximum atomic E-state index is 3.52. The van der Waals surface area contributed by atoms with Crippen molar-refractivity contribution in [3.8, 4) is 0 Å². The third kappa shape index (κ3) is 3.90. The van der Waals surface area contributed by atoms with Crippen LogP contribution in [0.2, 0.25) is 0 Å². The van der Waals surface area contributed by atoms with Gasteiger partial charge in [0, 0.05) is 42.8 Å². The van der Waals surface area contributed by atoms with Crippen LogP contribution in [0.25, 0.3) is 0 Å². The Kier molecular flexibility index (Phi) is 5.35. The molecular weight excluding hydrogens is 242 g/mol. The fourth-order valence-corrected chi connectivity index (χ4v) is 2.82. The van der Waals surface area contributed by atoms with Crippen LogP contribution in [0.3, 0.4) is 0 Å². The van der Waals surface area contributed by atoms with E-state index in [1.165, 1.54) is 10.6 Å². The molecule has 1 aromatic carbocycles. The van der Waals surface area contributed by atoms with Gasteiger partial charge in [-0.05, 0) is 37.1 Å². The normalized spacial score (nSPS) is 20.9. The SMILES string of the molecule is CCSc1ccc(NCC2CNCCN2C)cc1. The highest BCUT2D eigenvalue weighted by atomic mass is 32.2. The number of thioether (sulfide) groups is 1. The molecular formula is C14H23N3S. The second kappa shape index (κ2) is 7.02. The molecule has 1 aromatic rings. The molecule has 0 aliphatic carbocycles. The van der Waals surface area contributed by atoms with E-state index in [2.05, 4.69) is 53.8 Å². The zero-order valence-corrected chi connectivity index (χ0v) is 12.1. The summed E-state index contributed by atoms with van der Waals surface area (Å²) >= 11 is 1.88. The van der Waals surface area contributed by atoms with Gasteiger partial charge in [-0.1, -0.05) is 6.92 Å². The van der Waals surface area contributed by atoms with E-state index in [0.29, 0.717) is 6.04 Å². The molecule has 1 fully saturated rings. The standard InChI is InChI=1S/C14H23N3S/c1-3-18-14-6-4-12(5-7-14)16-11-13-10-15-8-9-17(13)2/h4-7,13,15-16H,3,8-11H2,1-2H3. The summed E-state index contributed by atoms with van der Waals surface area (Å²) in [6.45, 7) is 6.51. The van der Waals surface area contributed by atoms with E-state index in [4.69, 9.17) is 0 Å². The number of nitrogens with zero attached hydrogens (tertiary/aromatic N) is 1. The molecule has 1 saturated heterocycles. The summed E-state index contributed by atoms with van der Waals surface area (Å²) < 4.78 is 0. The molecule has 100 valence electrons. The monoisotopic (exact) mass is 265 g/mol. The van der Waals surface area contributed by atoms with E-state index in [-0.39, 0.29) is 0 Å². The predicted octanol–water partition coefficient (Wildman–Crippen LogP) is 2.11. The Balaban J connectivity index is 1.82. The third-order valence-corrected chi connectivity index (χ3v) is 4.25. The minimum absolute atomic E-state index is 0.587. The molecule has 3 nitrogen and oxygen atoms in total. The molecule has 1 heterocycles. The number of hydrogen-bond acceptors (Lipinski definition) is 4. The minimum atomic E-state index is 0.587. The van der Waals surface area contributed by atoms with Crippen LogP contribution in [0, 0.1) is 0 Å². The molecule has 0 radical (unpaired) electrons. The van der Waals surface area contributed by atoms with Crippen LogP contribution < -0.4 is 10.6 Å². The second-order valence-corrected chi connectivity index (χ2v) is 6.01. The summed E-state index contributed by atoms with van der Waals surface area (Å²) in [5.74, 6) is 1.13. The maximum absolute atomic E-state index is 3.52. The molecule has 1 unspecified atom stereocenters. The van der Waals surface area contributed by atoms with Gasteiger partial charge in [0.2, 0.25) is 0 Å². The van der Waals surface area contributed by atoms with Crippen LogP contribution in [0.5, 0.6) is 0 Å². The third-order valence-electron chi connectivity index (χ3n) is 3.35. The fourth-order valence-electron chi connectivity index (χ4n) is 2.16. The molecule has 1 aliphatic rings. The average molecular weight is 265 g/mol. The molecule has 0 aromatic heterocycles. The van der Waals surface area contributed by atoms with Crippen molar-refractivity contribution >= 4 is 17.4 Å². The van der Waals surface area contributed by atoms with Crippen LogP contribution in [0.1, 0.15) is 6.92 Å². The molecule has 1 aliphatic heterocycles. The highest BCUT2D eigenvalue weighted by molar-refractivity contribution is 7.99. The average Bonchev–Trinajstić information content (AvgIpc) is 2.40. The number of nitrogens with one attached hydrogen (secondary N) is 2. The zero-order valence-electron chi connectivity index (χ0n) is 11.3. The number of rotatable bonds is 5. The minimum Gasteiger partial charge on any atom is -0.383 e. The summed E-state index contributed by atoms with van der Waals surface area (Å²) in [5, 5.41) is 6.97. The highest BCUT2D eigenvalue weighted by Crippen LogP contribution is 2.19. The fraction of sp³-hybridized carbons (Fsp3) is 0.571. The van der Waals surface area contributed by atoms with Gasteiger partial charge in [-0.3, -0.25) is 4.90 Å². The summed E-state index contributed by atoms with van der Waals surface area (Å²) in [6.07, 6.45) is 0. The van der Waals surface area contributed by atoms with Crippen molar-refractivity contribution in [3.63, 3.8) is 0 Å². The van der Waals surface area contributed by atoms with Gasteiger partial charge < -0.3 is 10.6 Å². The Morgan fingerprint density at radius 1 is 1.39 bits per heavy atom. The van der Waals surface area contributed by atoms with E-state index < -0.39 is 0 Å². The molecule has 0 saturated carbocycles. The number of hydrogen-bond donors (Lipinski definition) is 2. The number of piperazine rings is 1. The van der Waals surface area contributed by atoms with Gasteiger partial charge >= 0.3 is 0 Å². The first-order valence-corrected chi connectivity index (χ1v) is 7.66. The van der Waals surface area contributed by atoms with Crippen molar-refractivity contribution in [1.82, 2.24) is 10.2 Å². The number of likely N-dealkylation sites (N-methyl/N-ethyl adjacent to an activating group) is 1. The second-order valence-electron chi connectivity index (χ2n) is 4.68. The van der Waals surface area contributed by atoms with Crippen molar-refractivity contribution in [2.45, 2.75) is 17.9 Å². The van der Waals surface area contributed by atoms with Gasteiger partial charge in [-0.15, -0.1) is 11.8 Å². The summed E-state index contributed by atoms with van der Waals surface area (Å²) in [7, 11) is 2.20. The quantitative estimate of drug-likeness (QED) is 0.798. The summed E-state index contributed by atoms with van der Waals surface area (Å²) in [6, 6.07) is 9.32. The zero-order chi connectivity index (χ0) is 12.8. The van der Waals surface area contributed by atoms with Crippen molar-refractivity contribution in [3.05, 3.63) is 24.3 Å². The summed E-state index contributed by atoms with van der Waals surface area (Å²) in [4.78, 5) is 3.77. The Bertz CT molecular complexity index is 353. The number of anilines is 1. The molecule has 18 heavy (non-hydrogen) atoms. The van der Waals surface area contributed by atoms with E-state index in [0.717, 1.165) is 31.9 Å². The molecule has 0 bridgehead atoms. The first kappa shape index (κ1) is 13.7. The van der Waals surface area contributed by atoms with Gasteiger partial charge in [0.15, 0.2) is 0 Å². The van der Waals surface area contributed by atoms with Crippen molar-refractivity contribution in [2.24, 2.45) is 0 Å². The van der Waals surface area contributed by atoms with E-state index in [1.807, 2.05) is 11.8 Å². The van der Waals surface area contributed by atoms with Gasteiger partial charge in [0.05, 0.1) is 0 Å². The van der Waals surface area contributed by atoms with Gasteiger partial charge in [-0.2, -0.15) is 0 Å². The topological polar surface area (TPSA) is 27.3 Å². The lowest BCUT2D eigenvalue weighted by molar-refractivity contribution is 0.209. The largest absolute Gasteiger partial charge is 0.383 e. The van der Waals surface area contributed by atoms with Crippen LogP contribution in [-0.4, -0.2) is 49.9 Å². The Labute approximate surface area is 114 Å². The molecule has 0 amide bonds. The lowest BCUT2D eigenvalue weighted by Gasteiger charge is -2.33. The first-order valence-electron chi connectivity index (χ1n) is 6.67. The Hall–Kier alpha value is -0.710. The molecule has 2 N–H and O–H groups in total. The van der Waals surface area contributed by atoms with Gasteiger partial charge in [0.25, 0.3) is 0 Å². The number of benzene rings is 1. The van der Waals surface area contributed by atoms with Gasteiger partial charge in [-0.25, -0.2) is 0 Å². The molecule has 4 heteroatoms. The Morgan fingerprint density at radius 3 is 2.83 bits per heavy atom. The van der Waals surface area contributed by atoms with Crippen LogP contribution >= 0.6 is 11.8 Å². The smallest absolute Gasteiger partial charge is 0.0390 e. The maximum Gasteiger partial charge on any atom is 0.0390 e. The van der Waals surface area contributed by atoms with E-state index in [1.54, 1.807) is 0 Å². The molecule has 0 spiro atoms. The summed E-state index contributed by atoms with van der Waals surface area (Å²) in [5.41, 5.74) is 1.22. The predicted molar refractivity (Wildman–Crippen MR) is 80.6 cm³/mol. The molecule has 1 atom stereocenters. The lowest BCUT2D eigenvalue weighted by atomic mass is 10.2. The van der Waals surface area contributed by atoms with Crippen molar-refractivity contribution in [1.29, 1.82) is 0 Å².